The molecule has 1 heterocycles. The van der Waals surface area contributed by atoms with Crippen molar-refractivity contribution in [1.82, 2.24) is 4.90 Å². The highest BCUT2D eigenvalue weighted by Crippen LogP contribution is 2.26. The van der Waals surface area contributed by atoms with E-state index in [9.17, 15) is 5.11 Å². The summed E-state index contributed by atoms with van der Waals surface area (Å²) in [6.45, 7) is 4.74. The minimum Gasteiger partial charge on any atom is -0.394 e. The Bertz CT molecular complexity index is 312. The van der Waals surface area contributed by atoms with Crippen molar-refractivity contribution in [2.75, 3.05) is 19.7 Å². The molecule has 2 nitrogen and oxygen atoms in total. The second kappa shape index (κ2) is 5.46. The van der Waals surface area contributed by atoms with Crippen LogP contribution in [0.1, 0.15) is 31.4 Å². The van der Waals surface area contributed by atoms with Gasteiger partial charge in [-0.3, -0.25) is 4.90 Å². The largest absolute Gasteiger partial charge is 0.394 e. The highest BCUT2D eigenvalue weighted by molar-refractivity contribution is 5.19. The molecule has 0 aliphatic carbocycles. The number of likely N-dealkylation sites (tertiary alicyclic amines) is 1. The average molecular weight is 219 g/mol. The summed E-state index contributed by atoms with van der Waals surface area (Å²) in [5.41, 5.74) is 1.24. The van der Waals surface area contributed by atoms with E-state index in [4.69, 9.17) is 0 Å². The van der Waals surface area contributed by atoms with Crippen molar-refractivity contribution >= 4 is 0 Å². The van der Waals surface area contributed by atoms with Crippen LogP contribution in [0.2, 0.25) is 0 Å². The molecule has 0 radical (unpaired) electrons. The molecule has 1 aromatic rings. The van der Waals surface area contributed by atoms with Crippen LogP contribution in [0.3, 0.4) is 0 Å². The Hall–Kier alpha value is -0.860. The lowest BCUT2D eigenvalue weighted by atomic mass is 9.96. The molecule has 1 fully saturated rings. The van der Waals surface area contributed by atoms with Gasteiger partial charge in [-0.25, -0.2) is 0 Å². The van der Waals surface area contributed by atoms with Crippen molar-refractivity contribution in [3.63, 3.8) is 0 Å². The maximum Gasteiger partial charge on any atom is 0.0628 e. The van der Waals surface area contributed by atoms with Crippen LogP contribution in [-0.2, 0) is 0 Å². The Kier molecular flexibility index (Phi) is 3.97. The smallest absolute Gasteiger partial charge is 0.0628 e. The number of hydrogen-bond donors (Lipinski definition) is 1. The first-order valence-electron chi connectivity index (χ1n) is 6.21. The molecule has 0 unspecified atom stereocenters. The second-order valence-electron chi connectivity index (χ2n) is 4.85. The lowest BCUT2D eigenvalue weighted by Crippen LogP contribution is -2.38. The van der Waals surface area contributed by atoms with Crippen LogP contribution < -0.4 is 0 Å². The van der Waals surface area contributed by atoms with Crippen molar-refractivity contribution < 1.29 is 5.11 Å². The molecule has 0 amide bonds. The minimum atomic E-state index is 0.184. The molecule has 1 N–H and O–H groups in total. The summed E-state index contributed by atoms with van der Waals surface area (Å²) in [5, 5.41) is 9.58. The summed E-state index contributed by atoms with van der Waals surface area (Å²) in [5.74, 6) is 0.756. The third kappa shape index (κ3) is 2.63. The molecule has 16 heavy (non-hydrogen) atoms. The third-order valence-corrected chi connectivity index (χ3v) is 3.49. The summed E-state index contributed by atoms with van der Waals surface area (Å²) in [6, 6.07) is 10.5. The van der Waals surface area contributed by atoms with Gasteiger partial charge in [0.25, 0.3) is 0 Å². The Balaban J connectivity index is 2.10. The van der Waals surface area contributed by atoms with E-state index in [1.54, 1.807) is 0 Å². The van der Waals surface area contributed by atoms with E-state index in [0.717, 1.165) is 19.0 Å². The van der Waals surface area contributed by atoms with Crippen molar-refractivity contribution in [3.8, 4) is 0 Å². The van der Waals surface area contributed by atoms with E-state index in [-0.39, 0.29) is 12.6 Å². The zero-order valence-electron chi connectivity index (χ0n) is 9.97. The van der Waals surface area contributed by atoms with E-state index < -0.39 is 0 Å². The van der Waals surface area contributed by atoms with Gasteiger partial charge in [-0.15, -0.1) is 0 Å². The molecule has 1 aromatic carbocycles. The number of nitrogens with zero attached hydrogens (tertiary/aromatic N) is 1. The molecular formula is C14H21NO. The lowest BCUT2D eigenvalue weighted by molar-refractivity contribution is 0.0839. The standard InChI is InChI=1S/C14H21NO/c1-12-6-5-9-15(10-12)14(11-16)13-7-3-2-4-8-13/h2-4,7-8,12,14,16H,5-6,9-11H2,1H3/t12-,14+/m1/s1. The topological polar surface area (TPSA) is 23.5 Å². The van der Waals surface area contributed by atoms with Crippen LogP contribution in [0, 0.1) is 5.92 Å². The van der Waals surface area contributed by atoms with Gasteiger partial charge in [-0.2, -0.15) is 0 Å². The maximum absolute atomic E-state index is 9.58. The lowest BCUT2D eigenvalue weighted by Gasteiger charge is -2.36. The number of aliphatic hydroxyl groups is 1. The number of rotatable bonds is 3. The van der Waals surface area contributed by atoms with Crippen molar-refractivity contribution in [1.29, 1.82) is 0 Å². The number of piperidine rings is 1. The molecule has 1 aliphatic rings. The summed E-state index contributed by atoms with van der Waals surface area (Å²) in [4.78, 5) is 2.42. The Labute approximate surface area is 97.9 Å². The fourth-order valence-corrected chi connectivity index (χ4v) is 2.62. The first-order valence-corrected chi connectivity index (χ1v) is 6.21. The van der Waals surface area contributed by atoms with Gasteiger partial charge in [-0.1, -0.05) is 37.3 Å². The third-order valence-electron chi connectivity index (χ3n) is 3.49. The molecule has 0 saturated carbocycles. The molecule has 2 atom stereocenters. The first kappa shape index (κ1) is 11.6. The van der Waals surface area contributed by atoms with Gasteiger partial charge in [0, 0.05) is 6.54 Å². The predicted octanol–water partition coefficient (Wildman–Crippen LogP) is 2.45. The fourth-order valence-electron chi connectivity index (χ4n) is 2.62. The minimum absolute atomic E-state index is 0.184. The van der Waals surface area contributed by atoms with Crippen molar-refractivity contribution in [2.45, 2.75) is 25.8 Å². The van der Waals surface area contributed by atoms with E-state index in [1.807, 2.05) is 18.2 Å². The van der Waals surface area contributed by atoms with Crippen molar-refractivity contribution in [3.05, 3.63) is 35.9 Å². The number of benzene rings is 1. The Morgan fingerprint density at radius 1 is 1.38 bits per heavy atom. The predicted molar refractivity (Wildman–Crippen MR) is 66.2 cm³/mol. The van der Waals surface area contributed by atoms with Crippen LogP contribution in [0.25, 0.3) is 0 Å². The molecule has 0 aromatic heterocycles. The molecule has 88 valence electrons. The van der Waals surface area contributed by atoms with Gasteiger partial charge in [-0.05, 0) is 30.9 Å². The van der Waals surface area contributed by atoms with E-state index in [1.165, 1.54) is 18.4 Å². The molecule has 2 rings (SSSR count). The van der Waals surface area contributed by atoms with Crippen LogP contribution in [-0.4, -0.2) is 29.7 Å². The summed E-state index contributed by atoms with van der Waals surface area (Å²) in [7, 11) is 0. The number of aliphatic hydroxyl groups excluding tert-OH is 1. The summed E-state index contributed by atoms with van der Waals surface area (Å²) in [6.07, 6.45) is 2.58. The summed E-state index contributed by atoms with van der Waals surface area (Å²) >= 11 is 0. The van der Waals surface area contributed by atoms with Gasteiger partial charge >= 0.3 is 0 Å². The van der Waals surface area contributed by atoms with Crippen molar-refractivity contribution in [2.24, 2.45) is 5.92 Å². The quantitative estimate of drug-likeness (QED) is 0.844. The second-order valence-corrected chi connectivity index (χ2v) is 4.85. The average Bonchev–Trinajstić information content (AvgIpc) is 2.31. The molecular weight excluding hydrogens is 198 g/mol. The molecule has 0 spiro atoms. The molecule has 0 bridgehead atoms. The van der Waals surface area contributed by atoms with Crippen LogP contribution >= 0.6 is 0 Å². The first-order chi connectivity index (χ1) is 7.81. The Morgan fingerprint density at radius 3 is 2.75 bits per heavy atom. The van der Waals surface area contributed by atoms with E-state index in [0.29, 0.717) is 0 Å². The highest BCUT2D eigenvalue weighted by atomic mass is 16.3. The van der Waals surface area contributed by atoms with E-state index >= 15 is 0 Å². The zero-order valence-corrected chi connectivity index (χ0v) is 9.97. The highest BCUT2D eigenvalue weighted by Gasteiger charge is 2.24. The van der Waals surface area contributed by atoms with Gasteiger partial charge in [0.15, 0.2) is 0 Å². The van der Waals surface area contributed by atoms with Gasteiger partial charge in [0.05, 0.1) is 12.6 Å². The molecule has 2 heteroatoms. The molecule has 1 aliphatic heterocycles. The maximum atomic E-state index is 9.58. The SMILES string of the molecule is C[C@@H]1CCCN([C@@H](CO)c2ccccc2)C1. The van der Waals surface area contributed by atoms with Gasteiger partial charge < -0.3 is 5.11 Å². The number of hydrogen-bond acceptors (Lipinski definition) is 2. The normalized spacial score (nSPS) is 24.2. The van der Waals surface area contributed by atoms with Gasteiger partial charge in [0.1, 0.15) is 0 Å². The molecule has 1 saturated heterocycles. The Morgan fingerprint density at radius 2 is 2.12 bits per heavy atom. The monoisotopic (exact) mass is 219 g/mol. The fraction of sp³-hybridized carbons (Fsp3) is 0.571. The zero-order chi connectivity index (χ0) is 11.4. The summed E-state index contributed by atoms with van der Waals surface area (Å²) < 4.78 is 0. The van der Waals surface area contributed by atoms with Crippen LogP contribution in [0.5, 0.6) is 0 Å². The van der Waals surface area contributed by atoms with Crippen LogP contribution in [0.15, 0.2) is 30.3 Å². The van der Waals surface area contributed by atoms with Gasteiger partial charge in [0.2, 0.25) is 0 Å². The van der Waals surface area contributed by atoms with E-state index in [2.05, 4.69) is 24.0 Å². The van der Waals surface area contributed by atoms with Crippen LogP contribution in [0.4, 0.5) is 0 Å².